The van der Waals surface area contributed by atoms with E-state index in [9.17, 15) is 20.4 Å². The number of ether oxygens (including phenoxy) is 4. The Morgan fingerprint density at radius 3 is 1.17 bits per heavy atom. The zero-order valence-electron chi connectivity index (χ0n) is 14.1. The number of rotatable bonds is 4. The molecule has 0 aromatic rings. The smallest absolute Gasteiger partial charge is 0.167 e. The van der Waals surface area contributed by atoms with Crippen LogP contribution >= 0.6 is 0 Å². The Hall–Kier alpha value is -0.320. The van der Waals surface area contributed by atoms with E-state index in [0.717, 1.165) is 0 Å². The molecule has 1 spiro atoms. The molecule has 0 saturated carbocycles. The van der Waals surface area contributed by atoms with Crippen molar-refractivity contribution in [2.24, 2.45) is 16.2 Å². The van der Waals surface area contributed by atoms with Crippen molar-refractivity contribution in [3.05, 3.63) is 0 Å². The van der Waals surface area contributed by atoms with Gasteiger partial charge in [0.15, 0.2) is 25.2 Å². The van der Waals surface area contributed by atoms with Crippen LogP contribution in [0.15, 0.2) is 0 Å². The molecule has 8 heteroatoms. The predicted molar refractivity (Wildman–Crippen MR) is 77.8 cm³/mol. The molecule has 0 aromatic heterocycles. The second kappa shape index (κ2) is 6.53. The third-order valence-corrected chi connectivity index (χ3v) is 4.71. The molecule has 0 atom stereocenters. The van der Waals surface area contributed by atoms with Gasteiger partial charge in [0.25, 0.3) is 0 Å². The van der Waals surface area contributed by atoms with Gasteiger partial charge in [-0.2, -0.15) is 0 Å². The molecule has 0 aromatic carbocycles. The molecule has 23 heavy (non-hydrogen) atoms. The van der Waals surface area contributed by atoms with Crippen LogP contribution in [-0.2, 0) is 18.9 Å². The van der Waals surface area contributed by atoms with Gasteiger partial charge in [-0.05, 0) is 0 Å². The number of aliphatic hydroxyl groups excluding tert-OH is 2. The zero-order valence-corrected chi connectivity index (χ0v) is 14.1. The van der Waals surface area contributed by atoms with E-state index in [1.165, 1.54) is 0 Å². The first-order valence-corrected chi connectivity index (χ1v) is 7.70. The maximum Gasteiger partial charge on any atom is 0.167 e. The average molecular weight is 336 g/mol. The molecule has 0 bridgehead atoms. The fourth-order valence-electron chi connectivity index (χ4n) is 2.46. The van der Waals surface area contributed by atoms with Crippen molar-refractivity contribution in [2.45, 2.75) is 52.9 Å². The highest BCUT2D eigenvalue weighted by Crippen LogP contribution is 2.39. The van der Waals surface area contributed by atoms with Gasteiger partial charge in [-0.15, -0.1) is 0 Å². The molecule has 0 aliphatic carbocycles. The van der Waals surface area contributed by atoms with E-state index in [-0.39, 0.29) is 0 Å². The van der Waals surface area contributed by atoms with Crippen LogP contribution in [-0.4, -0.2) is 72.0 Å². The first-order valence-electron chi connectivity index (χ1n) is 7.70. The van der Waals surface area contributed by atoms with Gasteiger partial charge in [0.1, 0.15) is 0 Å². The molecule has 2 rings (SSSR count). The average Bonchev–Trinajstić information content (AvgIpc) is 2.48. The predicted octanol–water partition coefficient (Wildman–Crippen LogP) is -0.608. The van der Waals surface area contributed by atoms with E-state index in [1.807, 2.05) is 0 Å². The summed E-state index contributed by atoms with van der Waals surface area (Å²) in [5, 5.41) is 37.6. The summed E-state index contributed by atoms with van der Waals surface area (Å²) in [5.74, 6) is 0. The Morgan fingerprint density at radius 1 is 0.696 bits per heavy atom. The van der Waals surface area contributed by atoms with Crippen LogP contribution in [0.4, 0.5) is 0 Å². The van der Waals surface area contributed by atoms with E-state index in [4.69, 9.17) is 18.9 Å². The second-order valence-electron chi connectivity index (χ2n) is 7.80. The maximum absolute atomic E-state index is 9.41. The van der Waals surface area contributed by atoms with Gasteiger partial charge in [0.2, 0.25) is 0 Å². The van der Waals surface area contributed by atoms with Gasteiger partial charge in [-0.25, -0.2) is 0 Å². The Balaban J connectivity index is 1.92. The fourth-order valence-corrected chi connectivity index (χ4v) is 2.46. The molecule has 2 saturated heterocycles. The van der Waals surface area contributed by atoms with Gasteiger partial charge in [0.05, 0.1) is 42.7 Å². The van der Waals surface area contributed by atoms with E-state index in [0.29, 0.717) is 26.4 Å². The lowest BCUT2D eigenvalue weighted by Crippen LogP contribution is -2.58. The van der Waals surface area contributed by atoms with Crippen LogP contribution in [0.1, 0.15) is 27.7 Å². The summed E-state index contributed by atoms with van der Waals surface area (Å²) in [4.78, 5) is 0. The normalized spacial score (nSPS) is 33.7. The van der Waals surface area contributed by atoms with E-state index in [1.54, 1.807) is 27.7 Å². The zero-order chi connectivity index (χ0) is 17.5. The molecule has 2 fully saturated rings. The van der Waals surface area contributed by atoms with Gasteiger partial charge >= 0.3 is 0 Å². The van der Waals surface area contributed by atoms with Crippen LogP contribution < -0.4 is 0 Å². The monoisotopic (exact) mass is 336 g/mol. The standard InChI is InChI=1S/C15H28O8/c1-13(2,9(16)17)11-20-5-15(6-21-11)7-22-12(23-8-15)14(3,4)10(18)19/h9-12,16-19H,5-8H2,1-4H3. The lowest BCUT2D eigenvalue weighted by atomic mass is 9.86. The van der Waals surface area contributed by atoms with Gasteiger partial charge in [-0.1, -0.05) is 27.7 Å². The van der Waals surface area contributed by atoms with Gasteiger partial charge < -0.3 is 39.4 Å². The van der Waals surface area contributed by atoms with E-state index < -0.39 is 41.4 Å². The lowest BCUT2D eigenvalue weighted by Gasteiger charge is -2.49. The largest absolute Gasteiger partial charge is 0.367 e. The molecule has 136 valence electrons. The molecule has 0 radical (unpaired) electrons. The molecule has 2 aliphatic rings. The molecule has 2 heterocycles. The number of aliphatic hydroxyl groups is 4. The van der Waals surface area contributed by atoms with E-state index in [2.05, 4.69) is 0 Å². The summed E-state index contributed by atoms with van der Waals surface area (Å²) in [6, 6.07) is 0. The third kappa shape index (κ3) is 3.69. The first kappa shape index (κ1) is 19.0. The third-order valence-electron chi connectivity index (χ3n) is 4.71. The lowest BCUT2D eigenvalue weighted by molar-refractivity contribution is -0.356. The van der Waals surface area contributed by atoms with E-state index >= 15 is 0 Å². The number of hydrogen-bond donors (Lipinski definition) is 4. The highest BCUT2D eigenvalue weighted by atomic mass is 16.7. The first-order chi connectivity index (χ1) is 10.5. The van der Waals surface area contributed by atoms with Crippen molar-refractivity contribution >= 4 is 0 Å². The van der Waals surface area contributed by atoms with Crippen molar-refractivity contribution in [2.75, 3.05) is 26.4 Å². The van der Waals surface area contributed by atoms with Crippen molar-refractivity contribution in [3.63, 3.8) is 0 Å². The SMILES string of the molecule is CC(C)(C(O)O)C1OCC2(CO1)COC(C(C)(C)C(O)O)OC2. The molecule has 2 aliphatic heterocycles. The topological polar surface area (TPSA) is 118 Å². The van der Waals surface area contributed by atoms with Crippen molar-refractivity contribution < 1.29 is 39.4 Å². The van der Waals surface area contributed by atoms with Crippen LogP contribution in [0, 0.1) is 16.2 Å². The minimum absolute atomic E-state index is 0.294. The molecule has 4 N–H and O–H groups in total. The van der Waals surface area contributed by atoms with Gasteiger partial charge in [-0.3, -0.25) is 0 Å². The minimum Gasteiger partial charge on any atom is -0.367 e. The summed E-state index contributed by atoms with van der Waals surface area (Å²) in [5.41, 5.74) is -2.40. The Bertz CT molecular complexity index is 349. The molecule has 8 nitrogen and oxygen atoms in total. The Kier molecular flexibility index (Phi) is 5.40. The molecule has 0 amide bonds. The molecular weight excluding hydrogens is 308 g/mol. The summed E-state index contributed by atoms with van der Waals surface area (Å²) >= 11 is 0. The van der Waals surface area contributed by atoms with Gasteiger partial charge in [0, 0.05) is 0 Å². The Labute approximate surface area is 135 Å². The maximum atomic E-state index is 9.41. The highest BCUT2D eigenvalue weighted by Gasteiger charge is 2.50. The molecule has 0 unspecified atom stereocenters. The quantitative estimate of drug-likeness (QED) is 0.502. The second-order valence-corrected chi connectivity index (χ2v) is 7.80. The van der Waals surface area contributed by atoms with Crippen LogP contribution in [0.2, 0.25) is 0 Å². The number of hydrogen-bond acceptors (Lipinski definition) is 8. The van der Waals surface area contributed by atoms with Crippen molar-refractivity contribution in [1.29, 1.82) is 0 Å². The Morgan fingerprint density at radius 2 is 0.957 bits per heavy atom. The highest BCUT2D eigenvalue weighted by molar-refractivity contribution is 4.89. The van der Waals surface area contributed by atoms with Crippen molar-refractivity contribution in [3.8, 4) is 0 Å². The minimum atomic E-state index is -1.56. The van der Waals surface area contributed by atoms with Crippen LogP contribution in [0.3, 0.4) is 0 Å². The summed E-state index contributed by atoms with van der Waals surface area (Å²) < 4.78 is 22.7. The summed E-state index contributed by atoms with van der Waals surface area (Å²) in [6.07, 6.45) is -4.59. The summed E-state index contributed by atoms with van der Waals surface area (Å²) in [6.45, 7) is 7.77. The van der Waals surface area contributed by atoms with Crippen LogP contribution in [0.5, 0.6) is 0 Å². The fraction of sp³-hybridized carbons (Fsp3) is 1.00. The summed E-state index contributed by atoms with van der Waals surface area (Å²) in [7, 11) is 0. The van der Waals surface area contributed by atoms with Crippen molar-refractivity contribution in [1.82, 2.24) is 0 Å². The van der Waals surface area contributed by atoms with Crippen LogP contribution in [0.25, 0.3) is 0 Å². The molecular formula is C15H28O8.